The zero-order chi connectivity index (χ0) is 54.7. The maximum Gasteiger partial charge on any atom is 0.164 e. The molecule has 0 radical (unpaired) electrons. The summed E-state index contributed by atoms with van der Waals surface area (Å²) in [6.45, 7) is -3.17. The van der Waals surface area contributed by atoms with E-state index >= 15 is 0 Å². The predicted octanol–water partition coefficient (Wildman–Crippen LogP) is 9.39. The normalized spacial score (nSPS) is 19.8. The highest BCUT2D eigenvalue weighted by atomic mass is 15.0. The van der Waals surface area contributed by atoms with E-state index < -0.39 is 232 Å². The van der Waals surface area contributed by atoms with Crippen LogP contribution in [0.3, 0.4) is 0 Å². The van der Waals surface area contributed by atoms with Crippen LogP contribution < -0.4 is 10.6 Å². The molecule has 2 heterocycles. The van der Waals surface area contributed by atoms with Gasteiger partial charge in [-0.05, 0) is 46.4 Å². The number of rotatable bonds is 8. The third-order valence-corrected chi connectivity index (χ3v) is 5.70. The van der Waals surface area contributed by atoms with E-state index in [-0.39, 0.29) is 0 Å². The Bertz CT molecular complexity index is 3380. The quantitative estimate of drug-likeness (QED) is 0.179. The molecule has 0 fully saturated rings. The van der Waals surface area contributed by atoms with Gasteiger partial charge in [-0.15, -0.1) is 0 Å². The van der Waals surface area contributed by atoms with Crippen molar-refractivity contribution in [1.82, 2.24) is 19.9 Å². The molecule has 0 saturated carbocycles. The van der Waals surface area contributed by atoms with Crippen LogP contribution in [0.4, 0.5) is 17.2 Å². The van der Waals surface area contributed by atoms with Crippen LogP contribution in [0.1, 0.15) is 38.4 Å². The molecule has 2 N–H and O–H groups in total. The Labute approximate surface area is 301 Å². The number of hydrogen-bond donors (Lipinski definition) is 2. The summed E-state index contributed by atoms with van der Waals surface area (Å²) in [5.74, 6) is -3.12. The Kier molecular flexibility index (Phi) is 2.94. The van der Waals surface area contributed by atoms with Gasteiger partial charge in [0.25, 0.3) is 0 Å². The molecule has 0 spiro atoms. The molecule has 45 heavy (non-hydrogen) atoms. The second kappa shape index (κ2) is 12.6. The molecule has 216 valence electrons. The summed E-state index contributed by atoms with van der Waals surface area (Å²) < 4.78 is 238. The standard InChI is InChI=1S/C39H30N6/c1-40-35-26-33(23-24-34(35)42-36-14-8-9-25-41-36)29-17-15-27(16-18-29)28-19-21-32(22-20-28)39-44-37(30-10-4-2-5-11-30)43-38(45-39)31-12-6-3-7-13-31/h2-26,40H,1H3,(H,41,42)/i1D3,2D,3D,4D,5D,6D,7D,8D,9D,10D,11D,12D,13D,14D,15D,16D,17D,18D,19D,20D,21D,22D,23D,24D,25D,26D. The average molecular weight is 611 g/mol. The lowest BCUT2D eigenvalue weighted by atomic mass is 9.99. The Balaban J connectivity index is 1.49. The number of anilines is 3. The van der Waals surface area contributed by atoms with Gasteiger partial charge in [-0.1, -0.05) is 121 Å². The Morgan fingerprint density at radius 3 is 1.49 bits per heavy atom. The number of pyridine rings is 1. The number of nitrogens with one attached hydrogen (secondary N) is 2. The molecule has 0 unspecified atom stereocenters. The molecule has 6 heteroatoms. The predicted molar refractivity (Wildman–Crippen MR) is 184 cm³/mol. The molecule has 7 aromatic rings. The van der Waals surface area contributed by atoms with Crippen LogP contribution in [0.5, 0.6) is 0 Å². The van der Waals surface area contributed by atoms with Gasteiger partial charge in [-0.2, -0.15) is 0 Å². The fourth-order valence-corrected chi connectivity index (χ4v) is 3.67. The van der Waals surface area contributed by atoms with Crippen LogP contribution in [0, 0.1) is 0 Å². The van der Waals surface area contributed by atoms with E-state index in [0.717, 1.165) is 0 Å². The fourth-order valence-electron chi connectivity index (χ4n) is 3.67. The maximum atomic E-state index is 9.12. The molecule has 0 saturated heterocycles. The minimum absolute atomic E-state index is 0.654. The minimum Gasteiger partial charge on any atom is -0.386 e. The highest BCUT2D eigenvalue weighted by molar-refractivity contribution is 5.81. The van der Waals surface area contributed by atoms with Crippen molar-refractivity contribution in [2.24, 2.45) is 0 Å². The zero-order valence-electron chi connectivity index (χ0n) is 50.3. The largest absolute Gasteiger partial charge is 0.386 e. The van der Waals surface area contributed by atoms with Gasteiger partial charge in [-0.25, -0.2) is 19.9 Å². The first-order valence-corrected chi connectivity index (χ1v) is 12.5. The molecule has 0 aliphatic carbocycles. The summed E-state index contributed by atoms with van der Waals surface area (Å²) in [7, 11) is 0. The van der Waals surface area contributed by atoms with Gasteiger partial charge in [0.1, 0.15) is 5.82 Å². The highest BCUT2D eigenvalue weighted by Crippen LogP contribution is 2.32. The molecular formula is C39H30N6. The van der Waals surface area contributed by atoms with E-state index in [4.69, 9.17) is 38.4 Å². The first-order valence-electron chi connectivity index (χ1n) is 26.5. The van der Waals surface area contributed by atoms with E-state index in [9.17, 15) is 0 Å². The van der Waals surface area contributed by atoms with Gasteiger partial charge >= 0.3 is 0 Å². The molecular weight excluding hydrogens is 552 g/mol. The molecule has 0 aliphatic heterocycles. The summed E-state index contributed by atoms with van der Waals surface area (Å²) in [4.78, 5) is 16.1. The number of aromatic nitrogens is 4. The highest BCUT2D eigenvalue weighted by Gasteiger charge is 2.12. The van der Waals surface area contributed by atoms with Gasteiger partial charge in [-0.3, -0.25) is 0 Å². The topological polar surface area (TPSA) is 75.6 Å². The van der Waals surface area contributed by atoms with Gasteiger partial charge in [0.05, 0.1) is 45.6 Å². The van der Waals surface area contributed by atoms with Crippen molar-refractivity contribution < 1.29 is 38.4 Å². The molecule has 7 rings (SSSR count). The van der Waals surface area contributed by atoms with E-state index in [1.165, 1.54) is 0 Å². The van der Waals surface area contributed by atoms with Crippen molar-refractivity contribution in [1.29, 1.82) is 0 Å². The van der Waals surface area contributed by atoms with Crippen LogP contribution >= 0.6 is 0 Å². The fraction of sp³-hybridized carbons (Fsp3) is 0.0256. The first kappa shape index (κ1) is 10.5. The van der Waals surface area contributed by atoms with Crippen LogP contribution in [-0.2, 0) is 0 Å². The van der Waals surface area contributed by atoms with E-state index in [1.54, 1.807) is 0 Å². The van der Waals surface area contributed by atoms with Crippen molar-refractivity contribution in [3.05, 3.63) is 151 Å². The molecule has 5 aromatic carbocycles. The van der Waals surface area contributed by atoms with Gasteiger partial charge < -0.3 is 10.6 Å². The van der Waals surface area contributed by atoms with E-state index in [2.05, 4.69) is 25.3 Å². The van der Waals surface area contributed by atoms with Gasteiger partial charge in [0.2, 0.25) is 0 Å². The number of hydrogen-bond acceptors (Lipinski definition) is 6. The summed E-state index contributed by atoms with van der Waals surface area (Å²) in [6.07, 6.45) is -0.803. The summed E-state index contributed by atoms with van der Waals surface area (Å²) in [5, 5.41) is 4.37. The second-order valence-electron chi connectivity index (χ2n) is 8.50. The van der Waals surface area contributed by atoms with Crippen molar-refractivity contribution in [2.75, 3.05) is 17.6 Å². The molecule has 2 aromatic heterocycles. The molecule has 0 bridgehead atoms. The molecule has 0 aliphatic rings. The van der Waals surface area contributed by atoms with Gasteiger partial charge in [0, 0.05) is 34.0 Å². The van der Waals surface area contributed by atoms with Crippen LogP contribution in [0.25, 0.3) is 56.4 Å². The summed E-state index contributed by atoms with van der Waals surface area (Å²) in [5.41, 5.74) is -7.30. The van der Waals surface area contributed by atoms with Crippen molar-refractivity contribution in [3.63, 3.8) is 0 Å². The lowest BCUT2D eigenvalue weighted by molar-refractivity contribution is 1.07. The average Bonchev–Trinajstić information content (AvgIpc) is 3.33. The van der Waals surface area contributed by atoms with Crippen molar-refractivity contribution >= 4 is 17.2 Å². The third-order valence-electron chi connectivity index (χ3n) is 5.70. The third kappa shape index (κ3) is 6.17. The molecule has 6 nitrogen and oxygen atoms in total. The van der Waals surface area contributed by atoms with Crippen LogP contribution in [-0.4, -0.2) is 26.9 Å². The van der Waals surface area contributed by atoms with Crippen molar-refractivity contribution in [2.45, 2.75) is 0 Å². The zero-order valence-corrected chi connectivity index (χ0v) is 22.3. The van der Waals surface area contributed by atoms with Crippen LogP contribution in [0.15, 0.2) is 151 Å². The number of benzene rings is 5. The summed E-state index contributed by atoms with van der Waals surface area (Å²) in [6, 6.07) is -22.7. The lowest BCUT2D eigenvalue weighted by Gasteiger charge is -2.13. The molecule has 0 amide bonds. The Hall–Kier alpha value is -6.14. The smallest absolute Gasteiger partial charge is 0.164 e. The summed E-state index contributed by atoms with van der Waals surface area (Å²) >= 11 is 0. The SMILES string of the molecule is [2H]c1nc(Nc2c([2H])c([2H])c(-c3c([2H])c([2H])c(-c4c([2H])c([2H])c(-c5nc(-c6c([2H])c([2H])c([2H])c([2H])c6[2H])nc(-c6c([2H])c([2H])c([2H])c([2H])c6[2H])n5)c([2H])c4[2H])c([2H])c3[2H])c([2H])c2NC([2H])([2H])[2H])c([2H])c([2H])c1[2H]. The van der Waals surface area contributed by atoms with Crippen LogP contribution in [0.2, 0.25) is 0 Å². The minimum atomic E-state index is -3.17. The Morgan fingerprint density at radius 1 is 0.467 bits per heavy atom. The van der Waals surface area contributed by atoms with Gasteiger partial charge in [0.15, 0.2) is 17.5 Å². The lowest BCUT2D eigenvalue weighted by Crippen LogP contribution is -2.00. The monoisotopic (exact) mass is 610 g/mol. The Morgan fingerprint density at radius 2 is 0.933 bits per heavy atom. The number of nitrogens with zero attached hydrogens (tertiary/aromatic N) is 4. The van der Waals surface area contributed by atoms with Crippen molar-refractivity contribution in [3.8, 4) is 56.4 Å². The first-order chi connectivity index (χ1) is 33.8. The van der Waals surface area contributed by atoms with E-state index in [1.807, 2.05) is 5.32 Å². The molecule has 0 atom stereocenters. The second-order valence-corrected chi connectivity index (χ2v) is 8.50. The van der Waals surface area contributed by atoms with E-state index in [0.29, 0.717) is 0 Å². The maximum absolute atomic E-state index is 9.12.